The molecule has 0 aliphatic rings. The fourth-order valence-corrected chi connectivity index (χ4v) is 1.81. The summed E-state index contributed by atoms with van der Waals surface area (Å²) in [6.07, 6.45) is 0. The lowest BCUT2D eigenvalue weighted by Crippen LogP contribution is -2.11. The Hall–Kier alpha value is -3.16. The van der Waals surface area contributed by atoms with Crippen molar-refractivity contribution in [3.63, 3.8) is 0 Å². The van der Waals surface area contributed by atoms with E-state index in [1.807, 2.05) is 30.3 Å². The largest absolute Gasteiger partial charge is 0.455 e. The average Bonchev–Trinajstić information content (AvgIpc) is 2.90. The van der Waals surface area contributed by atoms with Gasteiger partial charge in [-0.05, 0) is 5.56 Å². The third kappa shape index (κ3) is 2.59. The molecule has 0 saturated heterocycles. The van der Waals surface area contributed by atoms with Crippen LogP contribution in [0.4, 0.5) is 5.95 Å². The first-order valence-electron chi connectivity index (χ1n) is 6.10. The summed E-state index contributed by atoms with van der Waals surface area (Å²) in [7, 11) is 0. The van der Waals surface area contributed by atoms with E-state index in [9.17, 15) is 9.59 Å². The Labute approximate surface area is 118 Å². The summed E-state index contributed by atoms with van der Waals surface area (Å²) in [5, 5.41) is 0. The van der Waals surface area contributed by atoms with Crippen molar-refractivity contribution in [2.24, 2.45) is 0 Å². The number of aromatic nitrogens is 4. The summed E-state index contributed by atoms with van der Waals surface area (Å²) in [5.74, 6) is -0.831. The number of hydrogen-bond acceptors (Lipinski definition) is 6. The Morgan fingerprint density at radius 3 is 2.71 bits per heavy atom. The monoisotopic (exact) mass is 285 g/mol. The van der Waals surface area contributed by atoms with Gasteiger partial charge < -0.3 is 15.5 Å². The van der Waals surface area contributed by atoms with Crippen LogP contribution in [0.2, 0.25) is 0 Å². The first-order chi connectivity index (χ1) is 10.1. The number of aromatic amines is 2. The average molecular weight is 285 g/mol. The van der Waals surface area contributed by atoms with Gasteiger partial charge in [-0.2, -0.15) is 4.98 Å². The Kier molecular flexibility index (Phi) is 3.11. The van der Waals surface area contributed by atoms with Gasteiger partial charge in [-0.15, -0.1) is 0 Å². The fraction of sp³-hybridized carbons (Fsp3) is 0.0769. The normalized spacial score (nSPS) is 10.7. The van der Waals surface area contributed by atoms with Crippen molar-refractivity contribution in [3.05, 3.63) is 52.1 Å². The molecule has 0 radical (unpaired) electrons. The zero-order valence-electron chi connectivity index (χ0n) is 10.8. The van der Waals surface area contributed by atoms with Crippen molar-refractivity contribution in [3.8, 4) is 0 Å². The van der Waals surface area contributed by atoms with Gasteiger partial charge in [0.05, 0.1) is 0 Å². The predicted octanol–water partition coefficient (Wildman–Crippen LogP) is 0.585. The number of carbonyl (C=O) groups is 1. The van der Waals surface area contributed by atoms with Crippen molar-refractivity contribution in [1.82, 2.24) is 19.9 Å². The third-order valence-corrected chi connectivity index (χ3v) is 2.79. The fourth-order valence-electron chi connectivity index (χ4n) is 1.81. The molecule has 0 amide bonds. The number of benzene rings is 1. The number of hydrogen-bond donors (Lipinski definition) is 3. The maximum Gasteiger partial charge on any atom is 0.374 e. The summed E-state index contributed by atoms with van der Waals surface area (Å²) < 4.78 is 5.11. The standard InChI is InChI=1S/C13H11N5O3/c14-13-17-9-8(11(19)18-13)15-10(16-9)12(20)21-6-7-4-2-1-3-5-7/h1-5H,6H2,(H4,14,15,16,17,18,19). The molecule has 2 heterocycles. The van der Waals surface area contributed by atoms with Crippen LogP contribution in [0.15, 0.2) is 35.1 Å². The van der Waals surface area contributed by atoms with Crippen LogP contribution >= 0.6 is 0 Å². The second kappa shape index (κ2) is 5.08. The van der Waals surface area contributed by atoms with Crippen molar-refractivity contribution in [2.75, 3.05) is 5.73 Å². The minimum atomic E-state index is -0.671. The minimum absolute atomic E-state index is 0.0665. The maximum absolute atomic E-state index is 11.9. The number of fused-ring (bicyclic) bond motifs is 1. The Morgan fingerprint density at radius 1 is 1.19 bits per heavy atom. The van der Waals surface area contributed by atoms with Crippen LogP contribution in [-0.2, 0) is 11.3 Å². The quantitative estimate of drug-likeness (QED) is 0.604. The second-order valence-corrected chi connectivity index (χ2v) is 4.30. The molecule has 0 aliphatic carbocycles. The highest BCUT2D eigenvalue weighted by Gasteiger charge is 2.16. The number of rotatable bonds is 3. The van der Waals surface area contributed by atoms with Gasteiger partial charge in [-0.25, -0.2) is 9.78 Å². The van der Waals surface area contributed by atoms with Crippen LogP contribution in [0.3, 0.4) is 0 Å². The number of nitrogen functional groups attached to an aromatic ring is 1. The van der Waals surface area contributed by atoms with Gasteiger partial charge in [-0.3, -0.25) is 9.78 Å². The SMILES string of the molecule is Nc1nc2nc(C(=O)OCc3ccccc3)[nH]c2c(=O)[nH]1. The van der Waals surface area contributed by atoms with Crippen molar-refractivity contribution in [1.29, 1.82) is 0 Å². The number of carbonyl (C=O) groups excluding carboxylic acids is 1. The van der Waals surface area contributed by atoms with E-state index in [0.717, 1.165) is 5.56 Å². The summed E-state index contributed by atoms with van der Waals surface area (Å²) in [6, 6.07) is 9.22. The van der Waals surface area contributed by atoms with Crippen LogP contribution in [0.25, 0.3) is 11.2 Å². The molecule has 8 nitrogen and oxygen atoms in total. The summed E-state index contributed by atoms with van der Waals surface area (Å²) in [5.41, 5.74) is 5.92. The Bertz CT molecular complexity index is 853. The molecule has 21 heavy (non-hydrogen) atoms. The van der Waals surface area contributed by atoms with Crippen LogP contribution < -0.4 is 11.3 Å². The molecule has 2 aromatic heterocycles. The van der Waals surface area contributed by atoms with Crippen molar-refractivity contribution >= 4 is 23.1 Å². The van der Waals surface area contributed by atoms with E-state index >= 15 is 0 Å². The number of nitrogens with zero attached hydrogens (tertiary/aromatic N) is 2. The topological polar surface area (TPSA) is 127 Å². The molecule has 0 bridgehead atoms. The van der Waals surface area contributed by atoms with Gasteiger partial charge in [0.2, 0.25) is 11.8 Å². The molecule has 3 rings (SSSR count). The summed E-state index contributed by atoms with van der Waals surface area (Å²) in [4.78, 5) is 36.1. The molecule has 1 aromatic carbocycles. The number of anilines is 1. The number of H-pyrrole nitrogens is 2. The van der Waals surface area contributed by atoms with Crippen LogP contribution in [-0.4, -0.2) is 25.9 Å². The van der Waals surface area contributed by atoms with E-state index in [1.54, 1.807) is 0 Å². The van der Waals surface area contributed by atoms with E-state index < -0.39 is 11.5 Å². The smallest absolute Gasteiger partial charge is 0.374 e. The maximum atomic E-state index is 11.9. The number of ether oxygens (including phenoxy) is 1. The van der Waals surface area contributed by atoms with E-state index in [2.05, 4.69) is 19.9 Å². The molecule has 4 N–H and O–H groups in total. The molecule has 3 aromatic rings. The molecule has 0 atom stereocenters. The highest BCUT2D eigenvalue weighted by molar-refractivity contribution is 5.89. The first kappa shape index (κ1) is 12.9. The van der Waals surface area contributed by atoms with Gasteiger partial charge in [0.15, 0.2) is 11.2 Å². The van der Waals surface area contributed by atoms with Crippen molar-refractivity contribution < 1.29 is 9.53 Å². The van der Waals surface area contributed by atoms with Gasteiger partial charge in [0.1, 0.15) is 6.61 Å². The molecule has 0 aliphatic heterocycles. The minimum Gasteiger partial charge on any atom is -0.455 e. The number of imidazole rings is 1. The van der Waals surface area contributed by atoms with Gasteiger partial charge in [0, 0.05) is 0 Å². The van der Waals surface area contributed by atoms with Gasteiger partial charge >= 0.3 is 5.97 Å². The van der Waals surface area contributed by atoms with E-state index in [4.69, 9.17) is 10.5 Å². The zero-order valence-corrected chi connectivity index (χ0v) is 10.8. The lowest BCUT2D eigenvalue weighted by Gasteiger charge is -2.02. The molecule has 0 unspecified atom stereocenters. The molecular weight excluding hydrogens is 274 g/mol. The van der Waals surface area contributed by atoms with E-state index in [1.165, 1.54) is 0 Å². The summed E-state index contributed by atoms with van der Waals surface area (Å²) in [6.45, 7) is 0.114. The van der Waals surface area contributed by atoms with Crippen LogP contribution in [0.5, 0.6) is 0 Å². The molecule has 106 valence electrons. The molecule has 0 fully saturated rings. The molecule has 0 saturated carbocycles. The molecule has 8 heteroatoms. The number of nitrogens with one attached hydrogen (secondary N) is 2. The predicted molar refractivity (Wildman–Crippen MR) is 74.5 cm³/mol. The highest BCUT2D eigenvalue weighted by atomic mass is 16.5. The Balaban J connectivity index is 1.82. The van der Waals surface area contributed by atoms with E-state index in [0.29, 0.717) is 0 Å². The third-order valence-electron chi connectivity index (χ3n) is 2.79. The van der Waals surface area contributed by atoms with Crippen LogP contribution in [0, 0.1) is 0 Å². The zero-order chi connectivity index (χ0) is 14.8. The molecule has 0 spiro atoms. The van der Waals surface area contributed by atoms with Crippen molar-refractivity contribution in [2.45, 2.75) is 6.61 Å². The van der Waals surface area contributed by atoms with Crippen LogP contribution in [0.1, 0.15) is 16.2 Å². The lowest BCUT2D eigenvalue weighted by atomic mass is 10.2. The summed E-state index contributed by atoms with van der Waals surface area (Å²) >= 11 is 0. The Morgan fingerprint density at radius 2 is 1.95 bits per heavy atom. The van der Waals surface area contributed by atoms with Gasteiger partial charge in [-0.1, -0.05) is 30.3 Å². The second-order valence-electron chi connectivity index (χ2n) is 4.30. The number of esters is 1. The first-order valence-corrected chi connectivity index (χ1v) is 6.10. The lowest BCUT2D eigenvalue weighted by molar-refractivity contribution is 0.0460. The van der Waals surface area contributed by atoms with Gasteiger partial charge in [0.25, 0.3) is 5.56 Å². The number of nitrogens with two attached hydrogens (primary N) is 1. The van der Waals surface area contributed by atoms with E-state index in [-0.39, 0.29) is 29.5 Å². The molecular formula is C13H11N5O3. The highest BCUT2D eigenvalue weighted by Crippen LogP contribution is 2.08.